The van der Waals surface area contributed by atoms with Crippen LogP contribution in [0.4, 0.5) is 11.4 Å². The fourth-order valence-corrected chi connectivity index (χ4v) is 3.86. The molecule has 2 aromatic rings. The van der Waals surface area contributed by atoms with E-state index in [2.05, 4.69) is 10.2 Å². The van der Waals surface area contributed by atoms with E-state index in [1.54, 1.807) is 18.2 Å². The van der Waals surface area contributed by atoms with Crippen molar-refractivity contribution in [2.24, 2.45) is 5.92 Å². The summed E-state index contributed by atoms with van der Waals surface area (Å²) in [6.07, 6.45) is 0. The Morgan fingerprint density at radius 2 is 1.69 bits per heavy atom. The molecule has 1 fully saturated rings. The first-order valence-corrected chi connectivity index (χ1v) is 10.4. The van der Waals surface area contributed by atoms with Crippen molar-refractivity contribution in [2.45, 2.75) is 20.8 Å². The molecule has 0 bridgehead atoms. The highest BCUT2D eigenvalue weighted by Crippen LogP contribution is 2.35. The first kappa shape index (κ1) is 21.5. The zero-order valence-electron chi connectivity index (χ0n) is 16.8. The summed E-state index contributed by atoms with van der Waals surface area (Å²) >= 11 is 12.7. The number of piperazine rings is 1. The maximum atomic E-state index is 12.8. The van der Waals surface area contributed by atoms with E-state index >= 15 is 0 Å². The molecule has 5 nitrogen and oxygen atoms in total. The Labute approximate surface area is 181 Å². The summed E-state index contributed by atoms with van der Waals surface area (Å²) in [6, 6.07) is 10.7. The summed E-state index contributed by atoms with van der Waals surface area (Å²) in [5, 5.41) is 4.07. The van der Waals surface area contributed by atoms with Crippen LogP contribution in [0.3, 0.4) is 0 Å². The van der Waals surface area contributed by atoms with Gasteiger partial charge in [0.2, 0.25) is 5.91 Å². The standard InChI is InChI=1S/C22H25Cl2N3O2/c1-14(2)22(29)27-11-9-26(10-12-27)20-17(23)5-4-6-19(20)25-21(28)16-8-7-15(3)18(24)13-16/h4-8,13-14H,9-12H2,1-3H3,(H,25,28). The lowest BCUT2D eigenvalue weighted by molar-refractivity contribution is -0.134. The first-order chi connectivity index (χ1) is 13.8. The van der Waals surface area contributed by atoms with Gasteiger partial charge in [0.05, 0.1) is 16.4 Å². The number of hydrogen-bond acceptors (Lipinski definition) is 3. The predicted molar refractivity (Wildman–Crippen MR) is 119 cm³/mol. The molecule has 1 saturated heterocycles. The van der Waals surface area contributed by atoms with Crippen molar-refractivity contribution in [1.29, 1.82) is 0 Å². The molecule has 1 aliphatic heterocycles. The summed E-state index contributed by atoms with van der Waals surface area (Å²) in [5.74, 6) is -0.101. The summed E-state index contributed by atoms with van der Waals surface area (Å²) in [5.41, 5.74) is 2.82. The lowest BCUT2D eigenvalue weighted by Crippen LogP contribution is -2.50. The minimum absolute atomic E-state index is 0.0157. The Morgan fingerprint density at radius 3 is 2.31 bits per heavy atom. The van der Waals surface area contributed by atoms with Gasteiger partial charge in [-0.2, -0.15) is 0 Å². The van der Waals surface area contributed by atoms with Crippen LogP contribution in [0.15, 0.2) is 36.4 Å². The molecule has 0 radical (unpaired) electrons. The highest BCUT2D eigenvalue weighted by Gasteiger charge is 2.25. The van der Waals surface area contributed by atoms with Crippen LogP contribution in [0.1, 0.15) is 29.8 Å². The molecule has 0 saturated carbocycles. The van der Waals surface area contributed by atoms with E-state index in [0.717, 1.165) is 11.3 Å². The summed E-state index contributed by atoms with van der Waals surface area (Å²) in [6.45, 7) is 8.28. The van der Waals surface area contributed by atoms with Crippen LogP contribution in [0.2, 0.25) is 10.0 Å². The summed E-state index contributed by atoms with van der Waals surface area (Å²) in [4.78, 5) is 29.0. The molecular formula is C22H25Cl2N3O2. The largest absolute Gasteiger partial charge is 0.365 e. The third-order valence-electron chi connectivity index (χ3n) is 5.07. The number of amides is 2. The average molecular weight is 434 g/mol. The number of halogens is 2. The van der Waals surface area contributed by atoms with Crippen LogP contribution >= 0.6 is 23.2 Å². The van der Waals surface area contributed by atoms with Gasteiger partial charge in [0, 0.05) is 42.7 Å². The van der Waals surface area contributed by atoms with Crippen molar-refractivity contribution in [2.75, 3.05) is 36.4 Å². The van der Waals surface area contributed by atoms with E-state index in [9.17, 15) is 9.59 Å². The number of anilines is 2. The third kappa shape index (κ3) is 4.85. The van der Waals surface area contributed by atoms with Gasteiger partial charge in [0.15, 0.2) is 0 Å². The second-order valence-electron chi connectivity index (χ2n) is 7.52. The first-order valence-electron chi connectivity index (χ1n) is 9.67. The zero-order valence-corrected chi connectivity index (χ0v) is 18.3. The van der Waals surface area contributed by atoms with Crippen LogP contribution < -0.4 is 10.2 Å². The Hall–Kier alpha value is -2.24. The van der Waals surface area contributed by atoms with Crippen LogP contribution in [-0.4, -0.2) is 42.9 Å². The Bertz CT molecular complexity index is 922. The fraction of sp³-hybridized carbons (Fsp3) is 0.364. The van der Waals surface area contributed by atoms with Gasteiger partial charge >= 0.3 is 0 Å². The number of carbonyl (C=O) groups excluding carboxylic acids is 2. The molecule has 0 unspecified atom stereocenters. The molecule has 3 rings (SSSR count). The molecule has 2 amide bonds. The highest BCUT2D eigenvalue weighted by atomic mass is 35.5. The molecule has 154 valence electrons. The molecular weight excluding hydrogens is 409 g/mol. The van der Waals surface area contributed by atoms with Gasteiger partial charge in [-0.15, -0.1) is 0 Å². The molecule has 0 atom stereocenters. The number of carbonyl (C=O) groups is 2. The third-order valence-corrected chi connectivity index (χ3v) is 5.78. The van der Waals surface area contributed by atoms with Crippen LogP contribution in [0, 0.1) is 12.8 Å². The predicted octanol–water partition coefficient (Wildman–Crippen LogP) is 4.86. The number of nitrogens with zero attached hydrogens (tertiary/aromatic N) is 2. The number of benzene rings is 2. The van der Waals surface area contributed by atoms with E-state index in [1.165, 1.54) is 0 Å². The molecule has 7 heteroatoms. The number of para-hydroxylation sites is 1. The lowest BCUT2D eigenvalue weighted by atomic mass is 10.1. The van der Waals surface area contributed by atoms with Gasteiger partial charge < -0.3 is 15.1 Å². The van der Waals surface area contributed by atoms with Gasteiger partial charge in [0.25, 0.3) is 5.91 Å². The second kappa shape index (κ2) is 9.06. The molecule has 1 heterocycles. The van der Waals surface area contributed by atoms with E-state index in [4.69, 9.17) is 23.2 Å². The Balaban J connectivity index is 1.78. The van der Waals surface area contributed by atoms with Crippen molar-refractivity contribution >= 4 is 46.4 Å². The molecule has 0 aromatic heterocycles. The van der Waals surface area contributed by atoms with Gasteiger partial charge in [-0.1, -0.05) is 49.2 Å². The normalized spacial score (nSPS) is 14.3. The smallest absolute Gasteiger partial charge is 0.255 e. The van der Waals surface area contributed by atoms with Crippen LogP contribution in [0.5, 0.6) is 0 Å². The molecule has 1 aliphatic rings. The Kier molecular flexibility index (Phi) is 6.70. The average Bonchev–Trinajstić information content (AvgIpc) is 2.69. The van der Waals surface area contributed by atoms with Gasteiger partial charge in [-0.3, -0.25) is 9.59 Å². The zero-order chi connectivity index (χ0) is 21.1. The van der Waals surface area contributed by atoms with Gasteiger partial charge in [-0.05, 0) is 36.8 Å². The molecule has 2 aromatic carbocycles. The summed E-state index contributed by atoms with van der Waals surface area (Å²) < 4.78 is 0. The molecule has 0 aliphatic carbocycles. The van der Waals surface area contributed by atoms with E-state index < -0.39 is 0 Å². The molecule has 1 N–H and O–H groups in total. The van der Waals surface area contributed by atoms with Crippen molar-refractivity contribution < 1.29 is 9.59 Å². The topological polar surface area (TPSA) is 52.7 Å². The number of hydrogen-bond donors (Lipinski definition) is 1. The fourth-order valence-electron chi connectivity index (χ4n) is 3.38. The number of aryl methyl sites for hydroxylation is 1. The van der Waals surface area contributed by atoms with Crippen LogP contribution in [0.25, 0.3) is 0 Å². The van der Waals surface area contributed by atoms with Crippen molar-refractivity contribution in [3.8, 4) is 0 Å². The van der Waals surface area contributed by atoms with Crippen molar-refractivity contribution in [3.05, 3.63) is 57.6 Å². The molecule has 29 heavy (non-hydrogen) atoms. The minimum atomic E-state index is -0.246. The van der Waals surface area contributed by atoms with E-state index in [0.29, 0.717) is 47.5 Å². The monoisotopic (exact) mass is 433 g/mol. The van der Waals surface area contributed by atoms with E-state index in [1.807, 2.05) is 43.9 Å². The number of nitrogens with one attached hydrogen (secondary N) is 1. The van der Waals surface area contributed by atoms with Crippen LogP contribution in [-0.2, 0) is 4.79 Å². The molecule has 0 spiro atoms. The quantitative estimate of drug-likeness (QED) is 0.748. The number of rotatable bonds is 4. The maximum absolute atomic E-state index is 12.8. The summed E-state index contributed by atoms with van der Waals surface area (Å²) in [7, 11) is 0. The lowest BCUT2D eigenvalue weighted by Gasteiger charge is -2.38. The minimum Gasteiger partial charge on any atom is -0.365 e. The van der Waals surface area contributed by atoms with Gasteiger partial charge in [0.1, 0.15) is 0 Å². The SMILES string of the molecule is Cc1ccc(C(=O)Nc2cccc(Cl)c2N2CCN(C(=O)C(C)C)CC2)cc1Cl. The van der Waals surface area contributed by atoms with E-state index in [-0.39, 0.29) is 17.7 Å². The highest BCUT2D eigenvalue weighted by molar-refractivity contribution is 6.34. The Morgan fingerprint density at radius 1 is 1.00 bits per heavy atom. The van der Waals surface area contributed by atoms with Crippen molar-refractivity contribution in [3.63, 3.8) is 0 Å². The van der Waals surface area contributed by atoms with Crippen molar-refractivity contribution in [1.82, 2.24) is 4.90 Å². The second-order valence-corrected chi connectivity index (χ2v) is 8.34. The van der Waals surface area contributed by atoms with Gasteiger partial charge in [-0.25, -0.2) is 0 Å². The maximum Gasteiger partial charge on any atom is 0.255 e.